The lowest BCUT2D eigenvalue weighted by molar-refractivity contribution is -0.113. The molecule has 0 radical (unpaired) electrons. The van der Waals surface area contributed by atoms with Crippen molar-refractivity contribution in [2.75, 3.05) is 25.3 Å². The number of hydrogen-bond acceptors (Lipinski definition) is 8. The Morgan fingerprint density at radius 3 is 2.50 bits per heavy atom. The van der Waals surface area contributed by atoms with Gasteiger partial charge in [-0.05, 0) is 37.1 Å². The zero-order valence-electron chi connectivity index (χ0n) is 19.1. The van der Waals surface area contributed by atoms with Crippen LogP contribution in [0.4, 0.5) is 5.69 Å². The molecular formula is C25H22N4O3S2. The maximum absolute atomic E-state index is 12.7. The normalized spacial score (nSPS) is 11.3. The number of fused-ring (bicyclic) bond motifs is 4. The number of aryl methyl sites for hydroxylation is 2. The Bertz CT molecular complexity index is 1540. The van der Waals surface area contributed by atoms with Gasteiger partial charge in [0.25, 0.3) is 0 Å². The number of rotatable bonds is 6. The van der Waals surface area contributed by atoms with E-state index in [4.69, 9.17) is 14.5 Å². The van der Waals surface area contributed by atoms with E-state index in [0.717, 1.165) is 36.4 Å². The zero-order valence-corrected chi connectivity index (χ0v) is 20.8. The molecule has 0 saturated carbocycles. The average molecular weight is 491 g/mol. The van der Waals surface area contributed by atoms with E-state index in [1.807, 2.05) is 0 Å². The molecule has 1 amide bonds. The first kappa shape index (κ1) is 22.4. The fourth-order valence-corrected chi connectivity index (χ4v) is 5.90. The van der Waals surface area contributed by atoms with Crippen LogP contribution in [0.1, 0.15) is 11.1 Å². The maximum Gasteiger partial charge on any atom is 0.234 e. The number of ether oxygens (including phenoxy) is 2. The van der Waals surface area contributed by atoms with Gasteiger partial charge in [0, 0.05) is 34.7 Å². The number of benzene rings is 2. The Labute approximate surface area is 204 Å². The number of pyridine rings is 1. The molecule has 3 heterocycles. The summed E-state index contributed by atoms with van der Waals surface area (Å²) in [7, 11) is 3.14. The summed E-state index contributed by atoms with van der Waals surface area (Å²) in [6.45, 7) is 4.18. The van der Waals surface area contributed by atoms with Gasteiger partial charge in [-0.3, -0.25) is 4.79 Å². The van der Waals surface area contributed by atoms with E-state index in [9.17, 15) is 4.79 Å². The van der Waals surface area contributed by atoms with E-state index in [0.29, 0.717) is 17.2 Å². The molecule has 0 aliphatic carbocycles. The van der Waals surface area contributed by atoms with Crippen LogP contribution in [0.2, 0.25) is 0 Å². The fraction of sp³-hybridized carbons (Fsp3) is 0.200. The van der Waals surface area contributed by atoms with Gasteiger partial charge in [-0.2, -0.15) is 0 Å². The number of anilines is 1. The average Bonchev–Trinajstić information content (AvgIpc) is 3.19. The van der Waals surface area contributed by atoms with Crippen LogP contribution in [-0.2, 0) is 4.79 Å². The van der Waals surface area contributed by atoms with E-state index >= 15 is 0 Å². The minimum Gasteiger partial charge on any atom is -0.497 e. The molecule has 5 aromatic rings. The topological polar surface area (TPSA) is 86.2 Å². The van der Waals surface area contributed by atoms with E-state index in [-0.39, 0.29) is 11.7 Å². The molecule has 1 N–H and O–H groups in total. The van der Waals surface area contributed by atoms with E-state index in [1.165, 1.54) is 22.9 Å². The summed E-state index contributed by atoms with van der Waals surface area (Å²) in [6, 6.07) is 11.7. The van der Waals surface area contributed by atoms with E-state index < -0.39 is 0 Å². The second-order valence-corrected chi connectivity index (χ2v) is 9.85. The summed E-state index contributed by atoms with van der Waals surface area (Å²) in [4.78, 5) is 27.5. The molecule has 2 aromatic carbocycles. The maximum atomic E-state index is 12.7. The highest BCUT2D eigenvalue weighted by atomic mass is 32.2. The van der Waals surface area contributed by atoms with Gasteiger partial charge in [0.05, 0.1) is 35.7 Å². The molecule has 5 rings (SSSR count). The van der Waals surface area contributed by atoms with Crippen molar-refractivity contribution in [2.24, 2.45) is 0 Å². The lowest BCUT2D eigenvalue weighted by atomic mass is 10.1. The van der Waals surface area contributed by atoms with Crippen LogP contribution >= 0.6 is 23.1 Å². The number of nitrogens with zero attached hydrogens (tertiary/aromatic N) is 3. The number of amides is 1. The number of nitrogens with one attached hydrogen (secondary N) is 1. The zero-order chi connectivity index (χ0) is 23.8. The van der Waals surface area contributed by atoms with Crippen molar-refractivity contribution in [2.45, 2.75) is 18.9 Å². The van der Waals surface area contributed by atoms with Gasteiger partial charge in [0.1, 0.15) is 27.7 Å². The minimum atomic E-state index is -0.150. The van der Waals surface area contributed by atoms with Crippen molar-refractivity contribution in [3.63, 3.8) is 0 Å². The van der Waals surface area contributed by atoms with Crippen LogP contribution < -0.4 is 14.8 Å². The highest BCUT2D eigenvalue weighted by molar-refractivity contribution is 8.00. The molecule has 0 atom stereocenters. The Balaban J connectivity index is 1.42. The van der Waals surface area contributed by atoms with Gasteiger partial charge in [-0.1, -0.05) is 17.8 Å². The Morgan fingerprint density at radius 2 is 1.76 bits per heavy atom. The molecule has 0 fully saturated rings. The standard InChI is InChI=1S/C25H22N4O3S2/c1-13-5-14(2)18-10-19-22-23(34-24(19)29-20(18)6-13)25(27-12-26-22)33-11-21(30)28-15-7-16(31-3)9-17(8-15)32-4/h5-10,12H,11H2,1-4H3,(H,28,30). The number of aromatic nitrogens is 3. The van der Waals surface area contributed by atoms with Gasteiger partial charge in [0.2, 0.25) is 5.91 Å². The molecule has 0 saturated heterocycles. The lowest BCUT2D eigenvalue weighted by Crippen LogP contribution is -2.14. The first-order chi connectivity index (χ1) is 16.4. The van der Waals surface area contributed by atoms with Gasteiger partial charge in [-0.25, -0.2) is 15.0 Å². The van der Waals surface area contributed by atoms with Crippen molar-refractivity contribution in [3.8, 4) is 11.5 Å². The van der Waals surface area contributed by atoms with Crippen LogP contribution in [-0.4, -0.2) is 40.8 Å². The van der Waals surface area contributed by atoms with E-state index in [2.05, 4.69) is 47.3 Å². The second-order valence-electron chi connectivity index (χ2n) is 7.89. The molecule has 0 bridgehead atoms. The predicted octanol–water partition coefficient (Wildman–Crippen LogP) is 5.76. The van der Waals surface area contributed by atoms with Crippen LogP contribution in [0.25, 0.3) is 31.3 Å². The minimum absolute atomic E-state index is 0.150. The summed E-state index contributed by atoms with van der Waals surface area (Å²) in [5.41, 5.74) is 4.83. The summed E-state index contributed by atoms with van der Waals surface area (Å²) < 4.78 is 11.5. The van der Waals surface area contributed by atoms with Crippen molar-refractivity contribution in [1.29, 1.82) is 0 Å². The summed E-state index contributed by atoms with van der Waals surface area (Å²) in [5, 5.41) is 5.80. The molecule has 0 unspecified atom stereocenters. The van der Waals surface area contributed by atoms with Crippen LogP contribution in [0.15, 0.2) is 47.8 Å². The number of thiophene rings is 1. The van der Waals surface area contributed by atoms with E-state index in [1.54, 1.807) is 50.1 Å². The van der Waals surface area contributed by atoms with Gasteiger partial charge in [-0.15, -0.1) is 11.3 Å². The molecular weight excluding hydrogens is 468 g/mol. The predicted molar refractivity (Wildman–Crippen MR) is 139 cm³/mol. The largest absolute Gasteiger partial charge is 0.497 e. The lowest BCUT2D eigenvalue weighted by Gasteiger charge is -2.09. The van der Waals surface area contributed by atoms with Crippen molar-refractivity contribution >= 4 is 66.0 Å². The Hall–Kier alpha value is -3.43. The molecule has 172 valence electrons. The smallest absolute Gasteiger partial charge is 0.234 e. The third-order valence-electron chi connectivity index (χ3n) is 5.45. The van der Waals surface area contributed by atoms with Gasteiger partial charge in [0.15, 0.2) is 0 Å². The van der Waals surface area contributed by atoms with Crippen molar-refractivity contribution in [3.05, 3.63) is 53.9 Å². The van der Waals surface area contributed by atoms with Crippen LogP contribution in [0.5, 0.6) is 11.5 Å². The number of hydrogen-bond donors (Lipinski definition) is 1. The summed E-state index contributed by atoms with van der Waals surface area (Å²) >= 11 is 2.94. The number of carbonyl (C=O) groups excluding carboxylic acids is 1. The first-order valence-electron chi connectivity index (χ1n) is 10.6. The molecule has 9 heteroatoms. The number of thioether (sulfide) groups is 1. The van der Waals surface area contributed by atoms with Gasteiger partial charge >= 0.3 is 0 Å². The van der Waals surface area contributed by atoms with Gasteiger partial charge < -0.3 is 14.8 Å². The molecule has 0 aliphatic heterocycles. The highest BCUT2D eigenvalue weighted by Gasteiger charge is 2.16. The molecule has 3 aromatic heterocycles. The monoisotopic (exact) mass is 490 g/mol. The second kappa shape index (κ2) is 9.08. The molecule has 34 heavy (non-hydrogen) atoms. The first-order valence-corrected chi connectivity index (χ1v) is 12.4. The van der Waals surface area contributed by atoms with Crippen LogP contribution in [0, 0.1) is 13.8 Å². The SMILES string of the molecule is COc1cc(NC(=O)CSc2ncnc3c2sc2nc4cc(C)cc(C)c4cc23)cc(OC)c1. The third kappa shape index (κ3) is 4.24. The summed E-state index contributed by atoms with van der Waals surface area (Å²) in [6.07, 6.45) is 1.55. The number of carbonyl (C=O) groups is 1. The van der Waals surface area contributed by atoms with Crippen molar-refractivity contribution < 1.29 is 14.3 Å². The third-order valence-corrected chi connectivity index (χ3v) is 7.66. The Morgan fingerprint density at radius 1 is 1.00 bits per heavy atom. The quantitative estimate of drug-likeness (QED) is 0.239. The fourth-order valence-electron chi connectivity index (χ4n) is 3.91. The highest BCUT2D eigenvalue weighted by Crippen LogP contribution is 2.38. The number of methoxy groups -OCH3 is 2. The Kier molecular flexibility index (Phi) is 5.97. The van der Waals surface area contributed by atoms with Crippen molar-refractivity contribution in [1.82, 2.24) is 15.0 Å². The summed E-state index contributed by atoms with van der Waals surface area (Å²) in [5.74, 6) is 1.27. The molecule has 7 nitrogen and oxygen atoms in total. The van der Waals surface area contributed by atoms with Crippen LogP contribution in [0.3, 0.4) is 0 Å². The molecule has 0 aliphatic rings. The molecule has 0 spiro atoms.